The minimum atomic E-state index is -0.227. The van der Waals surface area contributed by atoms with Crippen molar-refractivity contribution in [2.45, 2.75) is 31.8 Å². The molecule has 0 saturated carbocycles. The molecule has 2 aromatic heterocycles. The van der Waals surface area contributed by atoms with E-state index in [0.717, 1.165) is 25.9 Å². The van der Waals surface area contributed by atoms with Gasteiger partial charge in [-0.1, -0.05) is 36.7 Å². The number of nitrogens with zero attached hydrogens (tertiary/aromatic N) is 3. The van der Waals surface area contributed by atoms with Crippen LogP contribution in [0.4, 0.5) is 5.82 Å². The molecule has 8 nitrogen and oxygen atoms in total. The zero-order valence-corrected chi connectivity index (χ0v) is 20.7. The Morgan fingerprint density at radius 3 is 2.75 bits per heavy atom. The number of hydrogen-bond acceptors (Lipinski definition) is 7. The number of aliphatic hydroxyl groups is 1. The number of rotatable bonds is 8. The topological polar surface area (TPSA) is 103 Å². The molecule has 1 fully saturated rings. The molecule has 3 N–H and O–H groups in total. The first kappa shape index (κ1) is 24.2. The van der Waals surface area contributed by atoms with E-state index in [-0.39, 0.29) is 24.5 Å². The van der Waals surface area contributed by atoms with Crippen LogP contribution in [-0.4, -0.2) is 62.5 Å². The number of benzene rings is 2. The van der Waals surface area contributed by atoms with Crippen molar-refractivity contribution in [1.82, 2.24) is 19.9 Å². The van der Waals surface area contributed by atoms with E-state index in [1.807, 2.05) is 30.3 Å². The molecule has 1 aliphatic heterocycles. The van der Waals surface area contributed by atoms with E-state index >= 15 is 0 Å². The number of aromatic amines is 1. The molecule has 2 atom stereocenters. The molecule has 9 heteroatoms. The number of hydrogen-bond donors (Lipinski definition) is 3. The van der Waals surface area contributed by atoms with Crippen LogP contribution in [0, 0.1) is 0 Å². The number of para-hydroxylation sites is 1. The molecule has 186 valence electrons. The summed E-state index contributed by atoms with van der Waals surface area (Å²) >= 11 is 6.53. The quantitative estimate of drug-likeness (QED) is 0.293. The van der Waals surface area contributed by atoms with E-state index in [9.17, 15) is 9.90 Å². The predicted molar refractivity (Wildman–Crippen MR) is 140 cm³/mol. The molecule has 2 aromatic carbocycles. The number of aliphatic hydroxyl groups excluding tert-OH is 1. The van der Waals surface area contributed by atoms with Crippen molar-refractivity contribution in [3.05, 3.63) is 77.2 Å². The maximum absolute atomic E-state index is 13.6. The molecule has 1 saturated heterocycles. The largest absolute Gasteiger partial charge is 0.457 e. The zero-order valence-electron chi connectivity index (χ0n) is 19.9. The number of H-pyrrole nitrogens is 1. The van der Waals surface area contributed by atoms with Crippen molar-refractivity contribution >= 4 is 34.2 Å². The van der Waals surface area contributed by atoms with Crippen molar-refractivity contribution in [2.24, 2.45) is 0 Å². The molecule has 36 heavy (non-hydrogen) atoms. The summed E-state index contributed by atoms with van der Waals surface area (Å²) in [6.07, 6.45) is 4.92. The molecule has 2 unspecified atom stereocenters. The maximum atomic E-state index is 13.6. The van der Waals surface area contributed by atoms with Gasteiger partial charge in [-0.05, 0) is 43.7 Å². The van der Waals surface area contributed by atoms with Gasteiger partial charge in [0.05, 0.1) is 22.6 Å². The zero-order chi connectivity index (χ0) is 25.1. The van der Waals surface area contributed by atoms with Crippen molar-refractivity contribution < 1.29 is 14.6 Å². The Morgan fingerprint density at radius 2 is 2.00 bits per heavy atom. The lowest BCUT2D eigenvalue weighted by Gasteiger charge is -2.38. The molecule has 0 aliphatic carbocycles. The van der Waals surface area contributed by atoms with Crippen LogP contribution in [-0.2, 0) is 0 Å². The van der Waals surface area contributed by atoms with E-state index in [0.29, 0.717) is 44.5 Å². The second-order valence-corrected chi connectivity index (χ2v) is 9.28. The first-order valence-corrected chi connectivity index (χ1v) is 12.5. The summed E-state index contributed by atoms with van der Waals surface area (Å²) in [5, 5.41) is 14.1. The van der Waals surface area contributed by atoms with Crippen molar-refractivity contribution in [3.63, 3.8) is 0 Å². The van der Waals surface area contributed by atoms with Gasteiger partial charge < -0.3 is 20.1 Å². The summed E-state index contributed by atoms with van der Waals surface area (Å²) in [5.41, 5.74) is 1.39. The minimum absolute atomic E-state index is 0.140. The molecular weight excluding hydrogens is 478 g/mol. The predicted octanol–water partition coefficient (Wildman–Crippen LogP) is 4.89. The van der Waals surface area contributed by atoms with E-state index in [1.165, 1.54) is 6.33 Å². The Hall–Kier alpha value is -3.46. The molecule has 0 bridgehead atoms. The number of ketones is 1. The Kier molecular flexibility index (Phi) is 7.18. The van der Waals surface area contributed by atoms with Crippen molar-refractivity contribution in [2.75, 3.05) is 25.0 Å². The lowest BCUT2D eigenvalue weighted by molar-refractivity contribution is 0.0896. The first-order chi connectivity index (χ1) is 17.6. The molecule has 5 rings (SSSR count). The van der Waals surface area contributed by atoms with E-state index in [1.54, 1.807) is 24.4 Å². The van der Waals surface area contributed by atoms with Gasteiger partial charge in [0.2, 0.25) is 0 Å². The van der Waals surface area contributed by atoms with E-state index < -0.39 is 0 Å². The number of fused-ring (bicyclic) bond motifs is 1. The molecular formula is C27H28ClN5O3. The van der Waals surface area contributed by atoms with Crippen LogP contribution in [0.15, 0.2) is 61.1 Å². The Labute approximate surface area is 214 Å². The minimum Gasteiger partial charge on any atom is -0.457 e. The molecule has 0 spiro atoms. The fourth-order valence-electron chi connectivity index (χ4n) is 4.77. The van der Waals surface area contributed by atoms with Gasteiger partial charge in [0, 0.05) is 36.5 Å². The number of aromatic nitrogens is 3. The van der Waals surface area contributed by atoms with Crippen molar-refractivity contribution in [1.29, 1.82) is 0 Å². The van der Waals surface area contributed by atoms with Gasteiger partial charge in [-0.2, -0.15) is 0 Å². The summed E-state index contributed by atoms with van der Waals surface area (Å²) in [5.74, 6) is 1.61. The van der Waals surface area contributed by atoms with Gasteiger partial charge in [-0.3, -0.25) is 9.69 Å². The van der Waals surface area contributed by atoms with E-state index in [4.69, 9.17) is 16.3 Å². The highest BCUT2D eigenvalue weighted by Crippen LogP contribution is 2.32. The van der Waals surface area contributed by atoms with Gasteiger partial charge in [-0.25, -0.2) is 9.97 Å². The van der Waals surface area contributed by atoms with Gasteiger partial charge >= 0.3 is 0 Å². The SMILES string of the molecule is CCN1CC(Nc2ncnc3[nH]cc(C(=O)c4ccc(Oc5ccccc5)cc4Cl)c23)CCC1CO. The standard InChI is InChI=1S/C27H28ClN5O3/c1-2-33-14-17(8-9-18(33)15-34)32-27-24-22(13-29-26(24)30-16-31-27)25(35)21-11-10-20(12-23(21)28)36-19-6-4-3-5-7-19/h3-7,10-13,16-18,34H,2,8-9,14-15H2,1H3,(H2,29,30,31,32). The van der Waals surface area contributed by atoms with Crippen molar-refractivity contribution in [3.8, 4) is 11.5 Å². The number of nitrogens with one attached hydrogen (secondary N) is 2. The van der Waals surface area contributed by atoms with E-state index in [2.05, 4.69) is 32.1 Å². The van der Waals surface area contributed by atoms with Crippen LogP contribution in [0.5, 0.6) is 11.5 Å². The molecule has 0 amide bonds. The van der Waals surface area contributed by atoms with Gasteiger partial charge in [0.25, 0.3) is 0 Å². The lowest BCUT2D eigenvalue weighted by Crippen LogP contribution is -2.49. The fraction of sp³-hybridized carbons (Fsp3) is 0.296. The number of piperidine rings is 1. The highest BCUT2D eigenvalue weighted by atomic mass is 35.5. The average molecular weight is 506 g/mol. The molecule has 0 radical (unpaired) electrons. The second kappa shape index (κ2) is 10.7. The summed E-state index contributed by atoms with van der Waals surface area (Å²) in [6, 6.07) is 14.8. The maximum Gasteiger partial charge on any atom is 0.196 e. The lowest BCUT2D eigenvalue weighted by atomic mass is 9.98. The Bertz CT molecular complexity index is 1360. The first-order valence-electron chi connectivity index (χ1n) is 12.1. The number of carbonyl (C=O) groups excluding carboxylic acids is 1. The third-order valence-electron chi connectivity index (χ3n) is 6.66. The van der Waals surface area contributed by atoms with Gasteiger partial charge in [-0.15, -0.1) is 0 Å². The molecule has 3 heterocycles. The smallest absolute Gasteiger partial charge is 0.196 e. The number of halogens is 1. The molecule has 4 aromatic rings. The summed E-state index contributed by atoms with van der Waals surface area (Å²) in [7, 11) is 0. The van der Waals surface area contributed by atoms with Crippen LogP contribution in [0.1, 0.15) is 35.7 Å². The second-order valence-electron chi connectivity index (χ2n) is 8.88. The van der Waals surface area contributed by atoms with Crippen LogP contribution in [0.2, 0.25) is 5.02 Å². The van der Waals surface area contributed by atoms with Crippen LogP contribution in [0.3, 0.4) is 0 Å². The van der Waals surface area contributed by atoms with Crippen LogP contribution < -0.4 is 10.1 Å². The third-order valence-corrected chi connectivity index (χ3v) is 6.97. The number of anilines is 1. The monoisotopic (exact) mass is 505 g/mol. The normalized spacial score (nSPS) is 18.3. The Balaban J connectivity index is 1.40. The number of likely N-dealkylation sites (tertiary alicyclic amines) is 1. The van der Waals surface area contributed by atoms with Gasteiger partial charge in [0.15, 0.2) is 5.78 Å². The average Bonchev–Trinajstić information content (AvgIpc) is 3.34. The highest BCUT2D eigenvalue weighted by molar-refractivity contribution is 6.35. The number of carbonyl (C=O) groups is 1. The summed E-state index contributed by atoms with van der Waals surface area (Å²) < 4.78 is 5.84. The summed E-state index contributed by atoms with van der Waals surface area (Å²) in [4.78, 5) is 27.7. The fourth-order valence-corrected chi connectivity index (χ4v) is 5.03. The molecule has 1 aliphatic rings. The van der Waals surface area contributed by atoms with Crippen LogP contribution in [0.25, 0.3) is 11.0 Å². The van der Waals surface area contributed by atoms with Crippen LogP contribution >= 0.6 is 11.6 Å². The van der Waals surface area contributed by atoms with Gasteiger partial charge in [0.1, 0.15) is 29.3 Å². The highest BCUT2D eigenvalue weighted by Gasteiger charge is 2.28. The number of ether oxygens (including phenoxy) is 1. The summed E-state index contributed by atoms with van der Waals surface area (Å²) in [6.45, 7) is 3.90. The third kappa shape index (κ3) is 4.93. The number of likely N-dealkylation sites (N-methyl/N-ethyl adjacent to an activating group) is 1. The Morgan fingerprint density at radius 1 is 1.17 bits per heavy atom.